The van der Waals surface area contributed by atoms with Crippen LogP contribution >= 0.6 is 0 Å². The Kier molecular flexibility index (Phi) is 11.3. The molecule has 2 aliphatic heterocycles. The zero-order valence-electron chi connectivity index (χ0n) is 20.3. The van der Waals surface area contributed by atoms with Crippen molar-refractivity contribution in [2.75, 3.05) is 73.2 Å². The predicted molar refractivity (Wildman–Crippen MR) is 132 cm³/mol. The summed E-state index contributed by atoms with van der Waals surface area (Å²) in [5, 5.41) is 3.58. The normalized spacial score (nSPS) is 20.8. The van der Waals surface area contributed by atoms with Gasteiger partial charge in [0.1, 0.15) is 0 Å². The number of likely N-dealkylation sites (tertiary alicyclic amines) is 2. The summed E-state index contributed by atoms with van der Waals surface area (Å²) in [6.07, 6.45) is 7.54. The van der Waals surface area contributed by atoms with Crippen molar-refractivity contribution in [1.29, 1.82) is 0 Å². The van der Waals surface area contributed by atoms with Gasteiger partial charge in [0.15, 0.2) is 5.96 Å². The van der Waals surface area contributed by atoms with Gasteiger partial charge in [-0.2, -0.15) is 0 Å². The standard InChI is InChI=1S/C26H44N4O2/c1-27-26(30-17-12-25(21-30)22-32-19-18-31-2)28-13-6-7-14-29-15-10-24(11-16-29)20-23-8-4-3-5-9-23/h3-5,8-9,24-25H,6-7,10-22H2,1-2H3,(H,27,28). The van der Waals surface area contributed by atoms with Crippen LogP contribution in [0.5, 0.6) is 0 Å². The average molecular weight is 445 g/mol. The van der Waals surface area contributed by atoms with Gasteiger partial charge in [-0.15, -0.1) is 0 Å². The van der Waals surface area contributed by atoms with Crippen molar-refractivity contribution in [2.45, 2.75) is 38.5 Å². The third-order valence-corrected chi connectivity index (χ3v) is 6.84. The van der Waals surface area contributed by atoms with Crippen molar-refractivity contribution in [2.24, 2.45) is 16.8 Å². The van der Waals surface area contributed by atoms with Crippen molar-refractivity contribution in [3.8, 4) is 0 Å². The molecule has 0 radical (unpaired) electrons. The summed E-state index contributed by atoms with van der Waals surface area (Å²) in [5.41, 5.74) is 1.49. The molecule has 32 heavy (non-hydrogen) atoms. The molecule has 0 saturated carbocycles. The van der Waals surface area contributed by atoms with Crippen LogP contribution in [0.1, 0.15) is 37.7 Å². The van der Waals surface area contributed by atoms with Crippen LogP contribution in [0.4, 0.5) is 0 Å². The summed E-state index contributed by atoms with van der Waals surface area (Å²) in [7, 11) is 3.61. The molecular weight excluding hydrogens is 400 g/mol. The largest absolute Gasteiger partial charge is 0.382 e. The van der Waals surface area contributed by atoms with Gasteiger partial charge in [-0.1, -0.05) is 30.3 Å². The van der Waals surface area contributed by atoms with Crippen LogP contribution in [0.15, 0.2) is 35.3 Å². The van der Waals surface area contributed by atoms with E-state index in [9.17, 15) is 0 Å². The third-order valence-electron chi connectivity index (χ3n) is 6.84. The molecular formula is C26H44N4O2. The molecule has 1 N–H and O–H groups in total. The van der Waals surface area contributed by atoms with Crippen LogP contribution in [-0.2, 0) is 15.9 Å². The van der Waals surface area contributed by atoms with Crippen LogP contribution in [0, 0.1) is 11.8 Å². The second-order valence-electron chi connectivity index (χ2n) is 9.32. The SMILES string of the molecule is CN=C(NCCCCN1CCC(Cc2ccccc2)CC1)N1CCC(COCCOC)C1. The summed E-state index contributed by atoms with van der Waals surface area (Å²) in [6, 6.07) is 11.0. The molecule has 2 fully saturated rings. The van der Waals surface area contributed by atoms with Gasteiger partial charge in [0.25, 0.3) is 0 Å². The lowest BCUT2D eigenvalue weighted by Gasteiger charge is -2.32. The number of ether oxygens (including phenoxy) is 2. The van der Waals surface area contributed by atoms with E-state index in [1.54, 1.807) is 7.11 Å². The van der Waals surface area contributed by atoms with E-state index in [1.807, 2.05) is 7.05 Å². The maximum Gasteiger partial charge on any atom is 0.193 e. The van der Waals surface area contributed by atoms with Crippen molar-refractivity contribution in [1.82, 2.24) is 15.1 Å². The summed E-state index contributed by atoms with van der Waals surface area (Å²) in [5.74, 6) is 2.50. The minimum Gasteiger partial charge on any atom is -0.382 e. The Balaban J connectivity index is 1.22. The zero-order valence-corrected chi connectivity index (χ0v) is 20.3. The summed E-state index contributed by atoms with van der Waals surface area (Å²) in [4.78, 5) is 9.54. The van der Waals surface area contributed by atoms with Gasteiger partial charge in [0.05, 0.1) is 19.8 Å². The molecule has 180 valence electrons. The van der Waals surface area contributed by atoms with Gasteiger partial charge in [-0.3, -0.25) is 4.99 Å². The van der Waals surface area contributed by atoms with Crippen molar-refractivity contribution in [3.05, 3.63) is 35.9 Å². The quantitative estimate of drug-likeness (QED) is 0.305. The molecule has 0 amide bonds. The van der Waals surface area contributed by atoms with Gasteiger partial charge < -0.3 is 24.6 Å². The van der Waals surface area contributed by atoms with Gasteiger partial charge >= 0.3 is 0 Å². The van der Waals surface area contributed by atoms with E-state index in [2.05, 4.69) is 50.4 Å². The number of nitrogens with zero attached hydrogens (tertiary/aromatic N) is 3. The fourth-order valence-electron chi connectivity index (χ4n) is 4.91. The molecule has 2 aliphatic rings. The highest BCUT2D eigenvalue weighted by Crippen LogP contribution is 2.22. The number of unbranched alkanes of at least 4 members (excludes halogenated alkanes) is 1. The molecule has 0 spiro atoms. The average Bonchev–Trinajstić information content (AvgIpc) is 3.29. The van der Waals surface area contributed by atoms with Gasteiger partial charge in [0.2, 0.25) is 0 Å². The van der Waals surface area contributed by atoms with Gasteiger partial charge in [-0.05, 0) is 69.6 Å². The molecule has 0 aliphatic carbocycles. The van der Waals surface area contributed by atoms with E-state index in [0.29, 0.717) is 19.1 Å². The molecule has 2 saturated heterocycles. The molecule has 3 rings (SSSR count). The van der Waals surface area contributed by atoms with E-state index < -0.39 is 0 Å². The highest BCUT2D eigenvalue weighted by molar-refractivity contribution is 5.80. The molecule has 6 nitrogen and oxygen atoms in total. The van der Waals surface area contributed by atoms with E-state index in [-0.39, 0.29) is 0 Å². The topological polar surface area (TPSA) is 49.3 Å². The second-order valence-corrected chi connectivity index (χ2v) is 9.32. The molecule has 0 bridgehead atoms. The van der Waals surface area contributed by atoms with Crippen LogP contribution in [0.2, 0.25) is 0 Å². The monoisotopic (exact) mass is 444 g/mol. The number of nitrogens with one attached hydrogen (secondary N) is 1. The number of guanidine groups is 1. The number of hydrogen-bond acceptors (Lipinski definition) is 4. The Hall–Kier alpha value is -1.63. The minimum absolute atomic E-state index is 0.593. The van der Waals surface area contributed by atoms with Crippen LogP contribution in [0.25, 0.3) is 0 Å². The molecule has 1 aromatic rings. The number of rotatable bonds is 12. The van der Waals surface area contributed by atoms with E-state index in [1.165, 1.54) is 63.7 Å². The molecule has 1 unspecified atom stereocenters. The Morgan fingerprint density at radius 2 is 1.81 bits per heavy atom. The summed E-state index contributed by atoms with van der Waals surface area (Å²) in [6.45, 7) is 9.02. The van der Waals surface area contributed by atoms with Crippen LogP contribution in [-0.4, -0.2) is 89.0 Å². The third kappa shape index (κ3) is 8.72. The predicted octanol–water partition coefficient (Wildman–Crippen LogP) is 3.28. The van der Waals surface area contributed by atoms with E-state index in [4.69, 9.17) is 9.47 Å². The first-order valence-corrected chi connectivity index (χ1v) is 12.6. The lowest BCUT2D eigenvalue weighted by Crippen LogP contribution is -2.41. The number of methoxy groups -OCH3 is 1. The lowest BCUT2D eigenvalue weighted by molar-refractivity contribution is 0.0536. The van der Waals surface area contributed by atoms with Gasteiger partial charge in [-0.25, -0.2) is 0 Å². The van der Waals surface area contributed by atoms with Crippen molar-refractivity contribution < 1.29 is 9.47 Å². The Morgan fingerprint density at radius 3 is 2.56 bits per heavy atom. The first kappa shape index (κ1) is 25.0. The van der Waals surface area contributed by atoms with Crippen LogP contribution < -0.4 is 5.32 Å². The van der Waals surface area contributed by atoms with Crippen LogP contribution in [0.3, 0.4) is 0 Å². The van der Waals surface area contributed by atoms with Crippen molar-refractivity contribution >= 4 is 5.96 Å². The van der Waals surface area contributed by atoms with Crippen molar-refractivity contribution in [3.63, 3.8) is 0 Å². The molecule has 2 heterocycles. The van der Waals surface area contributed by atoms with E-state index >= 15 is 0 Å². The minimum atomic E-state index is 0.593. The smallest absolute Gasteiger partial charge is 0.193 e. The Bertz CT molecular complexity index is 646. The molecule has 0 aromatic heterocycles. The maximum absolute atomic E-state index is 5.71. The second kappa shape index (κ2) is 14.5. The Labute approximate surface area is 195 Å². The van der Waals surface area contributed by atoms with Gasteiger partial charge in [0, 0.05) is 39.7 Å². The van der Waals surface area contributed by atoms with E-state index in [0.717, 1.165) is 38.1 Å². The number of hydrogen-bond donors (Lipinski definition) is 1. The number of piperidine rings is 1. The Morgan fingerprint density at radius 1 is 1.03 bits per heavy atom. The first-order valence-electron chi connectivity index (χ1n) is 12.6. The summed E-state index contributed by atoms with van der Waals surface area (Å²) >= 11 is 0. The number of benzene rings is 1. The fourth-order valence-corrected chi connectivity index (χ4v) is 4.91. The highest BCUT2D eigenvalue weighted by Gasteiger charge is 2.25. The highest BCUT2D eigenvalue weighted by atomic mass is 16.5. The lowest BCUT2D eigenvalue weighted by atomic mass is 9.90. The number of aliphatic imine (C=N–C) groups is 1. The zero-order chi connectivity index (χ0) is 22.4. The first-order chi connectivity index (χ1) is 15.8. The molecule has 1 aromatic carbocycles. The fraction of sp³-hybridized carbons (Fsp3) is 0.731. The maximum atomic E-state index is 5.71. The molecule has 1 atom stereocenters. The summed E-state index contributed by atoms with van der Waals surface area (Å²) < 4.78 is 10.8. The molecule has 6 heteroatoms.